The number of aldehydes is 1. The Kier molecular flexibility index (Phi) is 4.50. The third kappa shape index (κ3) is 3.08. The van der Waals surface area contributed by atoms with Crippen LogP contribution in [0.15, 0.2) is 24.3 Å². The molecule has 78 valence electrons. The van der Waals surface area contributed by atoms with Gasteiger partial charge in [-0.3, -0.25) is 4.79 Å². The average Bonchev–Trinajstić information content (AvgIpc) is 2.30. The summed E-state index contributed by atoms with van der Waals surface area (Å²) in [7, 11) is 0. The molecular weight excluding hydrogens is 202 g/mol. The van der Waals surface area contributed by atoms with E-state index in [-0.39, 0.29) is 18.6 Å². The molecule has 0 aromatic heterocycles. The fourth-order valence-electron chi connectivity index (χ4n) is 1.19. The molecule has 0 bridgehead atoms. The molecule has 0 heterocycles. The Morgan fingerprint density at radius 2 is 2.12 bits per heavy atom. The van der Waals surface area contributed by atoms with Crippen LogP contribution in [0.25, 0.3) is 0 Å². The zero-order valence-electron chi connectivity index (χ0n) is 8.56. The SMILES string of the molecule is N#CCC(=O)c1ccccc1C#CCC=O. The number of ketones is 1. The lowest BCUT2D eigenvalue weighted by atomic mass is 10.0. The molecule has 3 nitrogen and oxygen atoms in total. The van der Waals surface area contributed by atoms with Gasteiger partial charge in [0.15, 0.2) is 5.78 Å². The lowest BCUT2D eigenvalue weighted by molar-refractivity contribution is -0.107. The Morgan fingerprint density at radius 3 is 2.81 bits per heavy atom. The monoisotopic (exact) mass is 211 g/mol. The summed E-state index contributed by atoms with van der Waals surface area (Å²) in [6.45, 7) is 0. The molecule has 0 saturated carbocycles. The zero-order valence-corrected chi connectivity index (χ0v) is 8.56. The number of carbonyl (C=O) groups excluding carboxylic acids is 2. The third-order valence-electron chi connectivity index (χ3n) is 1.88. The van der Waals surface area contributed by atoms with Crippen molar-refractivity contribution in [1.29, 1.82) is 5.26 Å². The Balaban J connectivity index is 3.02. The maximum atomic E-state index is 11.5. The molecule has 0 atom stereocenters. The summed E-state index contributed by atoms with van der Waals surface area (Å²) in [5, 5.41) is 8.45. The summed E-state index contributed by atoms with van der Waals surface area (Å²) in [6.07, 6.45) is 0.680. The van der Waals surface area contributed by atoms with Gasteiger partial charge in [-0.2, -0.15) is 5.26 Å². The Morgan fingerprint density at radius 1 is 1.38 bits per heavy atom. The van der Waals surface area contributed by atoms with Gasteiger partial charge in [0.1, 0.15) is 6.29 Å². The summed E-state index contributed by atoms with van der Waals surface area (Å²) in [4.78, 5) is 21.6. The van der Waals surface area contributed by atoms with Crippen molar-refractivity contribution in [2.24, 2.45) is 0 Å². The van der Waals surface area contributed by atoms with Crippen LogP contribution >= 0.6 is 0 Å². The van der Waals surface area contributed by atoms with Crippen molar-refractivity contribution < 1.29 is 9.59 Å². The molecule has 3 heteroatoms. The number of Topliss-reactive ketones (excluding diaryl/α,β-unsaturated/α-hetero) is 1. The molecule has 0 aliphatic carbocycles. The maximum absolute atomic E-state index is 11.5. The molecule has 0 spiro atoms. The average molecular weight is 211 g/mol. The molecule has 0 aliphatic heterocycles. The molecule has 0 amide bonds. The van der Waals surface area contributed by atoms with Crippen LogP contribution in [-0.4, -0.2) is 12.1 Å². The number of rotatable bonds is 3. The largest absolute Gasteiger partial charge is 0.302 e. The molecule has 1 aromatic rings. The van der Waals surface area contributed by atoms with Crippen LogP contribution in [0.4, 0.5) is 0 Å². The standard InChI is InChI=1S/C13H9NO2/c14-9-8-13(16)12-7-2-1-5-11(12)6-3-4-10-15/h1-2,5,7,10H,4,8H2. The molecular formula is C13H9NO2. The van der Waals surface area contributed by atoms with Crippen molar-refractivity contribution in [1.82, 2.24) is 0 Å². The smallest absolute Gasteiger partial charge is 0.178 e. The molecule has 0 N–H and O–H groups in total. The normalized spacial score (nSPS) is 8.44. The van der Waals surface area contributed by atoms with Crippen molar-refractivity contribution in [3.8, 4) is 17.9 Å². The van der Waals surface area contributed by atoms with Crippen LogP contribution in [0.5, 0.6) is 0 Å². The molecule has 1 rings (SSSR count). The molecule has 1 aromatic carbocycles. The van der Waals surface area contributed by atoms with E-state index in [0.29, 0.717) is 17.4 Å². The van der Waals surface area contributed by atoms with Crippen LogP contribution in [0.3, 0.4) is 0 Å². The summed E-state index contributed by atoms with van der Waals surface area (Å²) in [5.41, 5.74) is 0.993. The number of nitrogens with zero attached hydrogens (tertiary/aromatic N) is 1. The van der Waals surface area contributed by atoms with Gasteiger partial charge in [-0.15, -0.1) is 0 Å². The lowest BCUT2D eigenvalue weighted by Crippen LogP contribution is -2.00. The van der Waals surface area contributed by atoms with Gasteiger partial charge in [0.2, 0.25) is 0 Å². The van der Waals surface area contributed by atoms with Gasteiger partial charge < -0.3 is 4.79 Å². The van der Waals surface area contributed by atoms with Crippen molar-refractivity contribution in [3.63, 3.8) is 0 Å². The molecule has 0 aliphatic rings. The number of hydrogen-bond acceptors (Lipinski definition) is 3. The molecule has 16 heavy (non-hydrogen) atoms. The predicted molar refractivity (Wildman–Crippen MR) is 58.6 cm³/mol. The molecule has 0 fully saturated rings. The fourth-order valence-corrected chi connectivity index (χ4v) is 1.19. The first-order chi connectivity index (χ1) is 7.79. The minimum absolute atomic E-state index is 0.140. The van der Waals surface area contributed by atoms with E-state index >= 15 is 0 Å². The van der Waals surface area contributed by atoms with Crippen LogP contribution < -0.4 is 0 Å². The summed E-state index contributed by atoms with van der Waals surface area (Å²) < 4.78 is 0. The van der Waals surface area contributed by atoms with Crippen LogP contribution in [0.2, 0.25) is 0 Å². The van der Waals surface area contributed by atoms with Crippen molar-refractivity contribution in [2.45, 2.75) is 12.8 Å². The van der Waals surface area contributed by atoms with Gasteiger partial charge >= 0.3 is 0 Å². The van der Waals surface area contributed by atoms with Gasteiger partial charge in [0, 0.05) is 11.1 Å². The van der Waals surface area contributed by atoms with E-state index in [4.69, 9.17) is 5.26 Å². The Hall–Kier alpha value is -2.39. The van der Waals surface area contributed by atoms with Gasteiger partial charge in [-0.25, -0.2) is 0 Å². The second-order valence-corrected chi connectivity index (χ2v) is 2.98. The highest BCUT2D eigenvalue weighted by atomic mass is 16.1. The van der Waals surface area contributed by atoms with E-state index in [1.165, 1.54) is 0 Å². The van der Waals surface area contributed by atoms with Crippen molar-refractivity contribution >= 4 is 12.1 Å². The van der Waals surface area contributed by atoms with Crippen LogP contribution in [-0.2, 0) is 4.79 Å². The maximum Gasteiger partial charge on any atom is 0.178 e. The number of hydrogen-bond donors (Lipinski definition) is 0. The van der Waals surface area contributed by atoms with E-state index in [1.54, 1.807) is 30.3 Å². The second-order valence-electron chi connectivity index (χ2n) is 2.98. The van der Waals surface area contributed by atoms with Gasteiger partial charge in [0.05, 0.1) is 18.9 Å². The van der Waals surface area contributed by atoms with Crippen molar-refractivity contribution in [3.05, 3.63) is 35.4 Å². The molecule has 0 unspecified atom stereocenters. The highest BCUT2D eigenvalue weighted by molar-refractivity contribution is 5.99. The highest BCUT2D eigenvalue weighted by Gasteiger charge is 2.08. The third-order valence-corrected chi connectivity index (χ3v) is 1.88. The summed E-state index contributed by atoms with van der Waals surface area (Å²) in [6, 6.07) is 8.61. The van der Waals surface area contributed by atoms with Gasteiger partial charge in [-0.05, 0) is 6.07 Å². The van der Waals surface area contributed by atoms with E-state index in [0.717, 1.165) is 0 Å². The zero-order chi connectivity index (χ0) is 11.8. The second kappa shape index (κ2) is 6.16. The number of carbonyl (C=O) groups is 2. The first-order valence-corrected chi connectivity index (χ1v) is 4.71. The molecule has 0 radical (unpaired) electrons. The lowest BCUT2D eigenvalue weighted by Gasteiger charge is -1.99. The Labute approximate surface area is 93.7 Å². The number of nitriles is 1. The quantitative estimate of drug-likeness (QED) is 0.434. The summed E-state index contributed by atoms with van der Waals surface area (Å²) in [5.74, 6) is 5.13. The fraction of sp³-hybridized carbons (Fsp3) is 0.154. The highest BCUT2D eigenvalue weighted by Crippen LogP contribution is 2.09. The van der Waals surface area contributed by atoms with E-state index in [9.17, 15) is 9.59 Å². The van der Waals surface area contributed by atoms with E-state index in [1.807, 2.05) is 0 Å². The number of benzene rings is 1. The first kappa shape index (κ1) is 11.7. The van der Waals surface area contributed by atoms with Crippen LogP contribution in [0.1, 0.15) is 28.8 Å². The minimum Gasteiger partial charge on any atom is -0.302 e. The minimum atomic E-state index is -0.251. The topological polar surface area (TPSA) is 57.9 Å². The van der Waals surface area contributed by atoms with Gasteiger partial charge in [0.25, 0.3) is 0 Å². The van der Waals surface area contributed by atoms with E-state index in [2.05, 4.69) is 11.8 Å². The first-order valence-electron chi connectivity index (χ1n) is 4.71. The van der Waals surface area contributed by atoms with E-state index < -0.39 is 0 Å². The predicted octanol–water partition coefficient (Wildman–Crippen LogP) is 1.72. The van der Waals surface area contributed by atoms with Crippen LogP contribution in [0, 0.1) is 23.2 Å². The summed E-state index contributed by atoms with van der Waals surface area (Å²) >= 11 is 0. The Bertz CT molecular complexity index is 501. The van der Waals surface area contributed by atoms with Gasteiger partial charge in [-0.1, -0.05) is 30.0 Å². The van der Waals surface area contributed by atoms with Crippen molar-refractivity contribution in [2.75, 3.05) is 0 Å². The molecule has 0 saturated heterocycles.